The standard InChI is InChI=1S/C21H25N7O12S2/c1-21(2,18(33)34)40-26-16(11-8-41-19(22)25-11)14(30)4-10-12(28(17(10)32)42(37,38)39)6-24-20(35)23-5-9-3-13(29)15(31)7-27(9)36/h3,7-8,10,12,31,36H,4-6H2,1-2H3,(H2,22,25)(H,33,34)(H2,23,24,35)(H,37,38,39)/b26-16-/t10-,12+/m0/s1. The van der Waals surface area contributed by atoms with Gasteiger partial charge in [-0.1, -0.05) is 5.16 Å². The van der Waals surface area contributed by atoms with Gasteiger partial charge in [-0.05, 0) is 13.8 Å². The molecular formula is C21H25N7O12S2. The van der Waals surface area contributed by atoms with Crippen molar-refractivity contribution in [3.05, 3.63) is 39.3 Å². The van der Waals surface area contributed by atoms with E-state index in [1.165, 1.54) is 5.38 Å². The van der Waals surface area contributed by atoms with Gasteiger partial charge in [-0.15, -0.1) is 11.3 Å². The normalized spacial score (nSPS) is 17.4. The van der Waals surface area contributed by atoms with Crippen LogP contribution in [0.3, 0.4) is 0 Å². The van der Waals surface area contributed by atoms with Gasteiger partial charge in [0.1, 0.15) is 5.69 Å². The Hall–Kier alpha value is -4.76. The number of nitrogens with zero attached hydrogens (tertiary/aromatic N) is 4. The number of oxime groups is 1. The number of hydrogen-bond donors (Lipinski definition) is 7. The summed E-state index contributed by atoms with van der Waals surface area (Å²) in [6.07, 6.45) is -0.00965. The van der Waals surface area contributed by atoms with E-state index in [4.69, 9.17) is 10.6 Å². The Labute approximate surface area is 240 Å². The predicted octanol–water partition coefficient (Wildman–Crippen LogP) is -1.50. The first-order chi connectivity index (χ1) is 19.4. The molecule has 1 saturated heterocycles. The fourth-order valence-electron chi connectivity index (χ4n) is 3.55. The van der Waals surface area contributed by atoms with Gasteiger partial charge in [-0.3, -0.25) is 18.9 Å². The third-order valence-corrected chi connectivity index (χ3v) is 7.48. The number of aliphatic carboxylic acids is 1. The van der Waals surface area contributed by atoms with Gasteiger partial charge in [0.05, 0.1) is 30.4 Å². The number of aromatic nitrogens is 2. The van der Waals surface area contributed by atoms with E-state index < -0.39 is 88.0 Å². The lowest BCUT2D eigenvalue weighted by atomic mass is 9.84. The van der Waals surface area contributed by atoms with E-state index in [1.807, 2.05) is 0 Å². The monoisotopic (exact) mass is 631 g/mol. The van der Waals surface area contributed by atoms with Gasteiger partial charge in [-0.2, -0.15) is 13.1 Å². The first-order valence-corrected chi connectivity index (χ1v) is 13.9. The maximum atomic E-state index is 13.2. The molecule has 0 unspecified atom stereocenters. The number of aromatic hydroxyl groups is 1. The Morgan fingerprint density at radius 3 is 2.50 bits per heavy atom. The first-order valence-electron chi connectivity index (χ1n) is 11.6. The second kappa shape index (κ2) is 12.0. The Morgan fingerprint density at radius 1 is 1.26 bits per heavy atom. The number of carbonyl (C=O) groups excluding carboxylic acids is 3. The number of carboxylic acids is 1. The number of pyridine rings is 1. The van der Waals surface area contributed by atoms with Gasteiger partial charge < -0.3 is 36.6 Å². The topological polar surface area (TPSA) is 293 Å². The van der Waals surface area contributed by atoms with Gasteiger partial charge >= 0.3 is 22.3 Å². The molecule has 19 nitrogen and oxygen atoms in total. The molecule has 3 rings (SSSR count). The highest BCUT2D eigenvalue weighted by Crippen LogP contribution is 2.32. The first kappa shape index (κ1) is 31.8. The van der Waals surface area contributed by atoms with Crippen molar-refractivity contribution in [3.8, 4) is 5.75 Å². The third-order valence-electron chi connectivity index (χ3n) is 5.85. The van der Waals surface area contributed by atoms with E-state index in [-0.39, 0.29) is 20.8 Å². The van der Waals surface area contributed by atoms with Crippen molar-refractivity contribution >= 4 is 56.2 Å². The molecule has 42 heavy (non-hydrogen) atoms. The molecule has 21 heteroatoms. The largest absolute Gasteiger partial charge is 0.503 e. The number of rotatable bonds is 12. The van der Waals surface area contributed by atoms with E-state index in [0.29, 0.717) is 10.9 Å². The number of β-lactam (4-membered cyclic amide) rings is 1. The van der Waals surface area contributed by atoms with Crippen LogP contribution in [-0.4, -0.2) is 90.0 Å². The lowest BCUT2D eigenvalue weighted by molar-refractivity contribution is -0.161. The van der Waals surface area contributed by atoms with Crippen molar-refractivity contribution in [2.24, 2.45) is 11.1 Å². The van der Waals surface area contributed by atoms with E-state index in [9.17, 15) is 52.4 Å². The van der Waals surface area contributed by atoms with Crippen molar-refractivity contribution in [2.75, 3.05) is 12.3 Å². The number of anilines is 1. The minimum atomic E-state index is -5.10. The van der Waals surface area contributed by atoms with Crippen molar-refractivity contribution < 1.29 is 52.4 Å². The fourth-order valence-corrected chi connectivity index (χ4v) is 5.03. The fraction of sp³-hybridized carbons (Fsp3) is 0.381. The number of nitrogen functional groups attached to an aromatic ring is 1. The van der Waals surface area contributed by atoms with Gasteiger partial charge in [-0.25, -0.2) is 18.9 Å². The van der Waals surface area contributed by atoms with Crippen LogP contribution in [0.4, 0.5) is 9.93 Å². The smallest absolute Gasteiger partial charge is 0.362 e. The van der Waals surface area contributed by atoms with Crippen LogP contribution in [0, 0.1) is 5.92 Å². The maximum absolute atomic E-state index is 13.2. The minimum Gasteiger partial charge on any atom is -0.503 e. The van der Waals surface area contributed by atoms with E-state index in [0.717, 1.165) is 31.3 Å². The molecule has 0 saturated carbocycles. The molecule has 0 aliphatic carbocycles. The Balaban J connectivity index is 1.76. The van der Waals surface area contributed by atoms with Crippen molar-refractivity contribution in [1.29, 1.82) is 0 Å². The van der Waals surface area contributed by atoms with Crippen LogP contribution in [0.2, 0.25) is 0 Å². The van der Waals surface area contributed by atoms with E-state index in [1.54, 1.807) is 0 Å². The molecule has 0 bridgehead atoms. The molecule has 3 amide bonds. The zero-order chi connectivity index (χ0) is 31.6. The number of nitrogens with one attached hydrogen (secondary N) is 2. The van der Waals surface area contributed by atoms with Gasteiger partial charge in [0.25, 0.3) is 0 Å². The molecule has 8 N–H and O–H groups in total. The Morgan fingerprint density at radius 2 is 1.93 bits per heavy atom. The van der Waals surface area contributed by atoms with Crippen LogP contribution >= 0.6 is 11.3 Å². The summed E-state index contributed by atoms with van der Waals surface area (Å²) in [5.41, 5.74) is 2.17. The number of carboxylic acid groups (broad SMARTS) is 1. The summed E-state index contributed by atoms with van der Waals surface area (Å²) < 4.78 is 33.6. The summed E-state index contributed by atoms with van der Waals surface area (Å²) >= 11 is 0.923. The molecule has 3 heterocycles. The average molecular weight is 632 g/mol. The number of ketones is 1. The molecule has 0 radical (unpaired) electrons. The molecule has 1 aliphatic heterocycles. The Bertz CT molecular complexity index is 1620. The van der Waals surface area contributed by atoms with Crippen molar-refractivity contribution in [3.63, 3.8) is 0 Å². The van der Waals surface area contributed by atoms with Gasteiger partial charge in [0, 0.05) is 24.4 Å². The predicted molar refractivity (Wildman–Crippen MR) is 141 cm³/mol. The molecule has 228 valence electrons. The number of carbonyl (C=O) groups is 4. The van der Waals surface area contributed by atoms with Gasteiger partial charge in [0.15, 0.2) is 22.4 Å². The summed E-state index contributed by atoms with van der Waals surface area (Å²) in [7, 11) is -5.10. The lowest BCUT2D eigenvalue weighted by Gasteiger charge is -2.44. The molecule has 2 atom stereocenters. The second-order valence-electron chi connectivity index (χ2n) is 9.25. The number of Topliss-reactive ketones (excluding diaryl/α,β-unsaturated/α-hetero) is 1. The van der Waals surface area contributed by atoms with Crippen LogP contribution in [0.5, 0.6) is 5.75 Å². The van der Waals surface area contributed by atoms with Crippen LogP contribution < -0.4 is 21.8 Å². The molecule has 0 aromatic carbocycles. The number of nitrogens with two attached hydrogens (primary N) is 1. The third kappa shape index (κ3) is 7.11. The number of amides is 3. The highest BCUT2D eigenvalue weighted by atomic mass is 32.2. The summed E-state index contributed by atoms with van der Waals surface area (Å²) in [6, 6.07) is -1.55. The van der Waals surface area contributed by atoms with Gasteiger partial charge in [0.2, 0.25) is 16.9 Å². The Kier molecular flexibility index (Phi) is 9.08. The van der Waals surface area contributed by atoms with Crippen LogP contribution in [0.25, 0.3) is 0 Å². The molecule has 1 aliphatic rings. The lowest BCUT2D eigenvalue weighted by Crippen LogP contribution is -2.66. The highest BCUT2D eigenvalue weighted by Gasteiger charge is 2.54. The van der Waals surface area contributed by atoms with E-state index in [2.05, 4.69) is 20.8 Å². The molecule has 2 aromatic rings. The zero-order valence-electron chi connectivity index (χ0n) is 21.7. The average Bonchev–Trinajstić information content (AvgIpc) is 3.30. The van der Waals surface area contributed by atoms with Crippen molar-refractivity contribution in [2.45, 2.75) is 38.5 Å². The highest BCUT2D eigenvalue weighted by molar-refractivity contribution is 7.84. The summed E-state index contributed by atoms with van der Waals surface area (Å²) in [6.45, 7) is 1.30. The number of thiazole rings is 1. The van der Waals surface area contributed by atoms with Crippen LogP contribution in [0.15, 0.2) is 27.6 Å². The number of hydrogen-bond acceptors (Lipinski definition) is 14. The molecule has 0 spiro atoms. The quantitative estimate of drug-likeness (QED) is 0.0461. The summed E-state index contributed by atoms with van der Waals surface area (Å²) in [5, 5.41) is 37.8. The van der Waals surface area contributed by atoms with Crippen LogP contribution in [-0.2, 0) is 36.1 Å². The zero-order valence-corrected chi connectivity index (χ0v) is 23.4. The van der Waals surface area contributed by atoms with E-state index >= 15 is 0 Å². The molecule has 1 fully saturated rings. The SMILES string of the molecule is CC(C)(O/N=C(\C(=O)C[C@@H]1C(=O)N(S(=O)(=O)O)[C@@H]1CNC(=O)NCc1cc(=O)c(O)cn1O)c1csc(N)n1)C(=O)O. The maximum Gasteiger partial charge on any atom is 0.362 e. The minimum absolute atomic E-state index is 0.0267. The summed E-state index contributed by atoms with van der Waals surface area (Å²) in [4.78, 5) is 69.9. The molecular weight excluding hydrogens is 606 g/mol. The molecule has 2 aromatic heterocycles. The van der Waals surface area contributed by atoms with Crippen molar-refractivity contribution in [1.82, 2.24) is 24.7 Å². The second-order valence-corrected chi connectivity index (χ2v) is 11.4. The number of urea groups is 1. The summed E-state index contributed by atoms with van der Waals surface area (Å²) in [5.74, 6) is -5.64. The van der Waals surface area contributed by atoms with Crippen LogP contribution in [0.1, 0.15) is 31.7 Å².